The van der Waals surface area contributed by atoms with E-state index in [0.717, 1.165) is 25.7 Å². The van der Waals surface area contributed by atoms with Crippen LogP contribution in [-0.2, 0) is 16.0 Å². The number of carbonyl (C=O) groups is 1. The van der Waals surface area contributed by atoms with Crippen LogP contribution in [0.25, 0.3) is 0 Å². The van der Waals surface area contributed by atoms with Gasteiger partial charge in [0.25, 0.3) is 0 Å². The second kappa shape index (κ2) is 7.66. The summed E-state index contributed by atoms with van der Waals surface area (Å²) in [5, 5.41) is 0. The number of methoxy groups -OCH3 is 1. The molecule has 0 radical (unpaired) electrons. The third-order valence-corrected chi connectivity index (χ3v) is 2.86. The molecular weight excluding hydrogens is 212 g/mol. The molecule has 1 aromatic carbocycles. The van der Waals surface area contributed by atoms with Crippen LogP contribution in [0.4, 0.5) is 0 Å². The van der Waals surface area contributed by atoms with Crippen LogP contribution >= 0.6 is 0 Å². The van der Waals surface area contributed by atoms with Gasteiger partial charge in [-0.15, -0.1) is 6.58 Å². The average Bonchev–Trinajstić information content (AvgIpc) is 2.39. The average molecular weight is 232 g/mol. The largest absolute Gasteiger partial charge is 0.469 e. The van der Waals surface area contributed by atoms with E-state index >= 15 is 0 Å². The molecule has 0 fully saturated rings. The van der Waals surface area contributed by atoms with Gasteiger partial charge < -0.3 is 4.74 Å². The van der Waals surface area contributed by atoms with Gasteiger partial charge in [-0.3, -0.25) is 4.79 Å². The summed E-state index contributed by atoms with van der Waals surface area (Å²) in [6.07, 6.45) is 5.66. The highest BCUT2D eigenvalue weighted by atomic mass is 16.5. The second-order valence-corrected chi connectivity index (χ2v) is 4.10. The lowest BCUT2D eigenvalue weighted by Gasteiger charge is -2.09. The van der Waals surface area contributed by atoms with Gasteiger partial charge in [-0.05, 0) is 24.8 Å². The molecule has 17 heavy (non-hydrogen) atoms. The summed E-state index contributed by atoms with van der Waals surface area (Å²) >= 11 is 0. The molecule has 0 bridgehead atoms. The Labute approximate surface area is 103 Å². The zero-order chi connectivity index (χ0) is 12.5. The van der Waals surface area contributed by atoms with Gasteiger partial charge in [0.05, 0.1) is 13.0 Å². The van der Waals surface area contributed by atoms with Crippen molar-refractivity contribution in [3.63, 3.8) is 0 Å². The van der Waals surface area contributed by atoms with Crippen molar-refractivity contribution in [2.45, 2.75) is 25.7 Å². The van der Waals surface area contributed by atoms with Crippen molar-refractivity contribution in [1.29, 1.82) is 0 Å². The normalized spacial score (nSPS) is 11.8. The molecule has 1 aromatic rings. The Hall–Kier alpha value is -1.57. The third kappa shape index (κ3) is 4.85. The van der Waals surface area contributed by atoms with Gasteiger partial charge in [-0.25, -0.2) is 0 Å². The number of hydrogen-bond donors (Lipinski definition) is 0. The molecule has 92 valence electrons. The Kier molecular flexibility index (Phi) is 6.08. The lowest BCUT2D eigenvalue weighted by Crippen LogP contribution is -2.13. The van der Waals surface area contributed by atoms with Crippen LogP contribution in [0.2, 0.25) is 0 Å². The number of aryl methyl sites for hydroxylation is 1. The predicted molar refractivity (Wildman–Crippen MR) is 69.7 cm³/mol. The molecule has 1 unspecified atom stereocenters. The number of rotatable bonds is 7. The molecule has 2 nitrogen and oxygen atoms in total. The van der Waals surface area contributed by atoms with Crippen LogP contribution in [0.5, 0.6) is 0 Å². The van der Waals surface area contributed by atoms with Gasteiger partial charge in [0, 0.05) is 0 Å². The Morgan fingerprint density at radius 1 is 1.35 bits per heavy atom. The summed E-state index contributed by atoms with van der Waals surface area (Å²) < 4.78 is 4.71. The first-order valence-electron chi connectivity index (χ1n) is 6.02. The number of hydrogen-bond acceptors (Lipinski definition) is 2. The lowest BCUT2D eigenvalue weighted by molar-refractivity contribution is -0.143. The maximum atomic E-state index is 11.3. The zero-order valence-corrected chi connectivity index (χ0v) is 10.4. The number of benzene rings is 1. The van der Waals surface area contributed by atoms with E-state index in [1.54, 1.807) is 6.08 Å². The van der Waals surface area contributed by atoms with E-state index in [2.05, 4.69) is 30.8 Å². The summed E-state index contributed by atoms with van der Waals surface area (Å²) in [6.45, 7) is 3.67. The molecule has 0 spiro atoms. The van der Waals surface area contributed by atoms with Gasteiger partial charge in [0.2, 0.25) is 0 Å². The molecular formula is C15H20O2. The van der Waals surface area contributed by atoms with E-state index in [1.165, 1.54) is 12.7 Å². The van der Waals surface area contributed by atoms with E-state index in [0.29, 0.717) is 0 Å². The van der Waals surface area contributed by atoms with Crippen molar-refractivity contribution in [2.24, 2.45) is 5.92 Å². The fourth-order valence-electron chi connectivity index (χ4n) is 1.82. The van der Waals surface area contributed by atoms with Crippen molar-refractivity contribution < 1.29 is 9.53 Å². The van der Waals surface area contributed by atoms with Crippen LogP contribution in [0.1, 0.15) is 24.8 Å². The van der Waals surface area contributed by atoms with Crippen molar-refractivity contribution >= 4 is 5.97 Å². The smallest absolute Gasteiger partial charge is 0.312 e. The van der Waals surface area contributed by atoms with E-state index in [4.69, 9.17) is 4.74 Å². The van der Waals surface area contributed by atoms with Crippen molar-refractivity contribution in [3.8, 4) is 0 Å². The molecule has 0 saturated carbocycles. The van der Waals surface area contributed by atoms with Gasteiger partial charge in [-0.1, -0.05) is 42.8 Å². The van der Waals surface area contributed by atoms with Gasteiger partial charge >= 0.3 is 5.97 Å². The minimum atomic E-state index is -0.181. The van der Waals surface area contributed by atoms with Crippen LogP contribution in [0, 0.1) is 5.92 Å². The first-order valence-corrected chi connectivity index (χ1v) is 6.02. The minimum absolute atomic E-state index is 0.157. The Morgan fingerprint density at radius 3 is 2.65 bits per heavy atom. The molecule has 0 aliphatic rings. The monoisotopic (exact) mass is 232 g/mol. The standard InChI is InChI=1S/C15H20O2/c1-3-14(15(16)17-2)12-8-7-11-13-9-5-4-6-10-13/h3-6,9-10,14H,1,7-8,11-12H2,2H3. The van der Waals surface area contributed by atoms with Gasteiger partial charge in [-0.2, -0.15) is 0 Å². The maximum absolute atomic E-state index is 11.3. The molecule has 0 aliphatic carbocycles. The topological polar surface area (TPSA) is 26.3 Å². The molecule has 0 heterocycles. The summed E-state index contributed by atoms with van der Waals surface area (Å²) in [4.78, 5) is 11.3. The van der Waals surface area contributed by atoms with E-state index in [9.17, 15) is 4.79 Å². The number of unbranched alkanes of at least 4 members (excludes halogenated alkanes) is 1. The molecule has 1 atom stereocenters. The van der Waals surface area contributed by atoms with Crippen LogP contribution in [0.3, 0.4) is 0 Å². The SMILES string of the molecule is C=CC(CCCCc1ccccc1)C(=O)OC. The molecule has 1 rings (SSSR count). The number of ether oxygens (including phenoxy) is 1. The Morgan fingerprint density at radius 2 is 2.06 bits per heavy atom. The maximum Gasteiger partial charge on any atom is 0.312 e. The fourth-order valence-corrected chi connectivity index (χ4v) is 1.82. The molecule has 0 aliphatic heterocycles. The van der Waals surface area contributed by atoms with Crippen molar-refractivity contribution in [1.82, 2.24) is 0 Å². The van der Waals surface area contributed by atoms with Crippen molar-refractivity contribution in [2.75, 3.05) is 7.11 Å². The Balaban J connectivity index is 2.23. The molecule has 0 N–H and O–H groups in total. The van der Waals surface area contributed by atoms with E-state index in [1.807, 2.05) is 6.07 Å². The second-order valence-electron chi connectivity index (χ2n) is 4.10. The molecule has 0 aromatic heterocycles. The van der Waals surface area contributed by atoms with E-state index < -0.39 is 0 Å². The molecule has 2 heteroatoms. The first kappa shape index (κ1) is 13.5. The van der Waals surface area contributed by atoms with Crippen LogP contribution in [-0.4, -0.2) is 13.1 Å². The third-order valence-electron chi connectivity index (χ3n) is 2.86. The molecule has 0 saturated heterocycles. The highest BCUT2D eigenvalue weighted by molar-refractivity contribution is 5.74. The number of carbonyl (C=O) groups excluding carboxylic acids is 1. The summed E-state index contributed by atoms with van der Waals surface area (Å²) in [5.41, 5.74) is 1.35. The number of esters is 1. The van der Waals surface area contributed by atoms with Gasteiger partial charge in [0.1, 0.15) is 0 Å². The summed E-state index contributed by atoms with van der Waals surface area (Å²) in [5.74, 6) is -0.338. The zero-order valence-electron chi connectivity index (χ0n) is 10.4. The lowest BCUT2D eigenvalue weighted by atomic mass is 10.00. The summed E-state index contributed by atoms with van der Waals surface area (Å²) in [6, 6.07) is 10.4. The first-order chi connectivity index (χ1) is 8.27. The highest BCUT2D eigenvalue weighted by Gasteiger charge is 2.13. The minimum Gasteiger partial charge on any atom is -0.469 e. The fraction of sp³-hybridized carbons (Fsp3) is 0.400. The highest BCUT2D eigenvalue weighted by Crippen LogP contribution is 2.13. The Bertz CT molecular complexity index is 343. The predicted octanol–water partition coefficient (Wildman–Crippen LogP) is 3.37. The molecule has 0 amide bonds. The summed E-state index contributed by atoms with van der Waals surface area (Å²) in [7, 11) is 1.42. The van der Waals surface area contributed by atoms with Crippen molar-refractivity contribution in [3.05, 3.63) is 48.6 Å². The van der Waals surface area contributed by atoms with Gasteiger partial charge in [0.15, 0.2) is 0 Å². The van der Waals surface area contributed by atoms with Crippen LogP contribution in [0.15, 0.2) is 43.0 Å². The van der Waals surface area contributed by atoms with Crippen LogP contribution < -0.4 is 0 Å². The van der Waals surface area contributed by atoms with E-state index in [-0.39, 0.29) is 11.9 Å². The quantitative estimate of drug-likeness (QED) is 0.409.